The van der Waals surface area contributed by atoms with Gasteiger partial charge in [-0.3, -0.25) is 4.55 Å². The van der Waals surface area contributed by atoms with Crippen LogP contribution in [0, 0.1) is 0 Å². The normalized spacial score (nSPS) is 9.83. The predicted molar refractivity (Wildman–Crippen MR) is 73.9 cm³/mol. The number of hydrogen-bond donors (Lipinski definition) is 1. The van der Waals surface area contributed by atoms with Crippen LogP contribution in [0.4, 0.5) is 0 Å². The van der Waals surface area contributed by atoms with Gasteiger partial charge in [0.2, 0.25) is 0 Å². The highest BCUT2D eigenvalue weighted by Gasteiger charge is 1.94. The largest absolute Gasteiger partial charge is 0.286 e. The van der Waals surface area contributed by atoms with Crippen molar-refractivity contribution >= 4 is 20.9 Å². The van der Waals surface area contributed by atoms with Gasteiger partial charge in [-0.05, 0) is 11.5 Å². The van der Waals surface area contributed by atoms with Gasteiger partial charge in [0.15, 0.2) is 12.4 Å². The van der Waals surface area contributed by atoms with Gasteiger partial charge in [0.1, 0.15) is 7.05 Å². The summed E-state index contributed by atoms with van der Waals surface area (Å²) < 4.78 is 27.9. The van der Waals surface area contributed by atoms with Gasteiger partial charge in [0, 0.05) is 11.5 Å². The quantitative estimate of drug-likeness (QED) is 0.590. The minimum atomic E-state index is -3.67. The Bertz CT molecular complexity index is 572. The molecule has 0 aliphatic heterocycles. The van der Waals surface area contributed by atoms with Gasteiger partial charge in [0.25, 0.3) is 10.1 Å². The molecule has 1 aromatic carbocycles. The van der Waals surface area contributed by atoms with Gasteiger partial charge in [-0.15, -0.1) is 0 Å². The number of fused-ring (bicyclic) bond motifs is 1. The smallest absolute Gasteiger partial charge is 0.261 e. The first-order valence-electron chi connectivity index (χ1n) is 5.63. The van der Waals surface area contributed by atoms with E-state index < -0.39 is 10.1 Å². The Morgan fingerprint density at radius 3 is 2.00 bits per heavy atom. The Balaban J connectivity index is 0.000000354. The van der Waals surface area contributed by atoms with Crippen molar-refractivity contribution in [2.75, 3.05) is 6.26 Å². The maximum absolute atomic E-state index is 9.19. The summed E-state index contributed by atoms with van der Waals surface area (Å²) in [7, 11) is -1.63. The summed E-state index contributed by atoms with van der Waals surface area (Å²) in [4.78, 5) is 0. The third-order valence-corrected chi connectivity index (χ3v) is 1.83. The topological polar surface area (TPSA) is 58.3 Å². The summed E-state index contributed by atoms with van der Waals surface area (Å²) in [6.07, 6.45) is 4.89. The van der Waals surface area contributed by atoms with E-state index in [0.29, 0.717) is 6.26 Å². The number of aromatic nitrogens is 1. The number of nitrogens with zero attached hydrogens (tertiary/aromatic N) is 1. The Morgan fingerprint density at radius 2 is 1.50 bits per heavy atom. The fraction of sp³-hybridized carbons (Fsp3) is 0.308. The highest BCUT2D eigenvalue weighted by atomic mass is 32.2. The van der Waals surface area contributed by atoms with Gasteiger partial charge >= 0.3 is 0 Å². The van der Waals surface area contributed by atoms with E-state index in [1.54, 1.807) is 0 Å². The van der Waals surface area contributed by atoms with Crippen LogP contribution in [0.2, 0.25) is 0 Å². The molecule has 2 aromatic rings. The molecule has 0 radical (unpaired) electrons. The molecule has 0 unspecified atom stereocenters. The molecule has 0 saturated carbocycles. The summed E-state index contributed by atoms with van der Waals surface area (Å²) in [5.41, 5.74) is 0. The first kappa shape index (κ1) is 16.5. The molecule has 0 amide bonds. The number of rotatable bonds is 0. The Labute approximate surface area is 109 Å². The van der Waals surface area contributed by atoms with Gasteiger partial charge in [0.05, 0.1) is 6.26 Å². The molecule has 0 saturated heterocycles. The minimum absolute atomic E-state index is 0.715. The van der Waals surface area contributed by atoms with E-state index in [2.05, 4.69) is 47.3 Å². The molecule has 2 rings (SSSR count). The minimum Gasteiger partial charge on any atom is -0.286 e. The van der Waals surface area contributed by atoms with Crippen LogP contribution < -0.4 is 4.57 Å². The zero-order valence-corrected chi connectivity index (χ0v) is 12.0. The molecule has 5 heteroatoms. The number of benzene rings is 1. The van der Waals surface area contributed by atoms with E-state index in [4.69, 9.17) is 4.55 Å². The molecule has 1 aromatic heterocycles. The average molecular weight is 270 g/mol. The van der Waals surface area contributed by atoms with Crippen molar-refractivity contribution < 1.29 is 17.5 Å². The molecule has 100 valence electrons. The summed E-state index contributed by atoms with van der Waals surface area (Å²) in [6.45, 7) is 4.00. The highest BCUT2D eigenvalue weighted by molar-refractivity contribution is 7.85. The van der Waals surface area contributed by atoms with Crippen LogP contribution >= 0.6 is 0 Å². The first-order chi connectivity index (χ1) is 8.36. The van der Waals surface area contributed by atoms with E-state index in [1.165, 1.54) is 10.8 Å². The first-order valence-corrected chi connectivity index (χ1v) is 7.47. The Hall–Kier alpha value is -1.46. The molecule has 4 nitrogen and oxygen atoms in total. The second-order valence-corrected chi connectivity index (χ2v) is 4.94. The lowest BCUT2D eigenvalue weighted by Gasteiger charge is -1.92. The molecule has 0 atom stereocenters. The van der Waals surface area contributed by atoms with E-state index >= 15 is 0 Å². The number of hydrogen-bond acceptors (Lipinski definition) is 2. The van der Waals surface area contributed by atoms with E-state index in [9.17, 15) is 8.42 Å². The standard InChI is InChI=1S/C10H10N.C2H6.CH4O3S/c1-11-7-6-9-4-2-3-5-10(9)8-11;1-2;1-5(2,3)4/h2-8H,1H3;1-2H3;1H3,(H,2,3,4)/q+1;;. The zero-order chi connectivity index (χ0) is 14.2. The van der Waals surface area contributed by atoms with Crippen LogP contribution in [-0.4, -0.2) is 19.2 Å². The third kappa shape index (κ3) is 7.76. The molecule has 0 aliphatic carbocycles. The van der Waals surface area contributed by atoms with Gasteiger partial charge in [-0.25, -0.2) is 4.57 Å². The fourth-order valence-corrected chi connectivity index (χ4v) is 1.24. The predicted octanol–water partition coefficient (Wildman–Crippen LogP) is 2.19. The van der Waals surface area contributed by atoms with Crippen molar-refractivity contribution in [2.24, 2.45) is 7.05 Å². The lowest BCUT2D eigenvalue weighted by Crippen LogP contribution is -2.25. The molecular weight excluding hydrogens is 250 g/mol. The van der Waals surface area contributed by atoms with Crippen molar-refractivity contribution in [3.05, 3.63) is 42.7 Å². The van der Waals surface area contributed by atoms with E-state index in [-0.39, 0.29) is 0 Å². The second kappa shape index (κ2) is 7.79. The van der Waals surface area contributed by atoms with Crippen molar-refractivity contribution in [3.8, 4) is 0 Å². The van der Waals surface area contributed by atoms with E-state index in [0.717, 1.165) is 0 Å². The maximum atomic E-state index is 9.19. The maximum Gasteiger partial charge on any atom is 0.261 e. The fourth-order valence-electron chi connectivity index (χ4n) is 1.24. The summed E-state index contributed by atoms with van der Waals surface area (Å²) in [6, 6.07) is 10.5. The molecule has 0 bridgehead atoms. The lowest BCUT2D eigenvalue weighted by molar-refractivity contribution is -0.670. The van der Waals surface area contributed by atoms with Crippen LogP contribution in [0.25, 0.3) is 10.8 Å². The highest BCUT2D eigenvalue weighted by Crippen LogP contribution is 2.08. The van der Waals surface area contributed by atoms with Crippen molar-refractivity contribution in [1.29, 1.82) is 0 Å². The van der Waals surface area contributed by atoms with Crippen LogP contribution in [0.15, 0.2) is 42.7 Å². The monoisotopic (exact) mass is 270 g/mol. The Morgan fingerprint density at radius 1 is 1.06 bits per heavy atom. The van der Waals surface area contributed by atoms with Gasteiger partial charge < -0.3 is 0 Å². The molecule has 0 spiro atoms. The third-order valence-electron chi connectivity index (χ3n) is 1.83. The van der Waals surface area contributed by atoms with Crippen molar-refractivity contribution in [2.45, 2.75) is 13.8 Å². The lowest BCUT2D eigenvalue weighted by atomic mass is 10.2. The van der Waals surface area contributed by atoms with Gasteiger partial charge in [-0.2, -0.15) is 8.42 Å². The number of aryl methyl sites for hydroxylation is 1. The van der Waals surface area contributed by atoms with Gasteiger partial charge in [-0.1, -0.05) is 32.0 Å². The molecule has 0 aliphatic rings. The molecule has 0 fully saturated rings. The van der Waals surface area contributed by atoms with Crippen molar-refractivity contribution in [1.82, 2.24) is 0 Å². The summed E-state index contributed by atoms with van der Waals surface area (Å²) >= 11 is 0. The second-order valence-electron chi connectivity index (χ2n) is 3.47. The van der Waals surface area contributed by atoms with Crippen LogP contribution in [-0.2, 0) is 17.2 Å². The molecular formula is C13H20NO3S+. The van der Waals surface area contributed by atoms with E-state index in [1.807, 2.05) is 20.9 Å². The van der Waals surface area contributed by atoms with Crippen LogP contribution in [0.3, 0.4) is 0 Å². The molecule has 1 heterocycles. The van der Waals surface area contributed by atoms with Crippen LogP contribution in [0.5, 0.6) is 0 Å². The summed E-state index contributed by atoms with van der Waals surface area (Å²) in [5, 5.41) is 2.59. The SMILES string of the molecule is CC.CS(=O)(=O)O.C[n+]1ccc2ccccc2c1. The summed E-state index contributed by atoms with van der Waals surface area (Å²) in [5.74, 6) is 0. The van der Waals surface area contributed by atoms with Crippen molar-refractivity contribution in [3.63, 3.8) is 0 Å². The molecule has 1 N–H and O–H groups in total. The molecule has 18 heavy (non-hydrogen) atoms. The zero-order valence-electron chi connectivity index (χ0n) is 11.2. The van der Waals surface area contributed by atoms with Crippen LogP contribution in [0.1, 0.15) is 13.8 Å². The number of pyridine rings is 1. The Kier molecular flexibility index (Phi) is 7.16. The average Bonchev–Trinajstić information content (AvgIpc) is 2.29.